The molecular formula is C49H85N3O19P2. The molecule has 3 rings (SSSR count). The first-order valence-electron chi connectivity index (χ1n) is 26.3. The molecule has 0 spiro atoms. The zero-order chi connectivity index (χ0) is 54.0. The number of phosphoric acid groups is 2. The van der Waals surface area contributed by atoms with E-state index < -0.39 is 133 Å². The number of ether oxygens (including phenoxy) is 3. The van der Waals surface area contributed by atoms with Crippen molar-refractivity contribution in [1.82, 2.24) is 9.55 Å². The third kappa shape index (κ3) is 25.2. The van der Waals surface area contributed by atoms with Crippen LogP contribution in [0.4, 0.5) is 5.82 Å². The summed E-state index contributed by atoms with van der Waals surface area (Å²) in [6.07, 6.45) is 3.76. The Balaban J connectivity index is 1.84. The van der Waals surface area contributed by atoms with Crippen LogP contribution in [0.1, 0.15) is 175 Å². The highest BCUT2D eigenvalue weighted by molar-refractivity contribution is 7.61. The Morgan fingerprint density at radius 1 is 0.849 bits per heavy atom. The number of unbranched alkanes of at least 4 members (excludes halogenated alkanes) is 11. The van der Waals surface area contributed by atoms with Gasteiger partial charge in [0.15, 0.2) is 6.10 Å². The second-order valence-corrected chi connectivity index (χ2v) is 22.6. The molecule has 73 heavy (non-hydrogen) atoms. The van der Waals surface area contributed by atoms with Gasteiger partial charge >= 0.3 is 33.3 Å². The number of cyclic esters (lactones) is 1. The van der Waals surface area contributed by atoms with Crippen molar-refractivity contribution in [3.05, 3.63) is 34.9 Å². The number of phosphoric ester groups is 2. The number of hydrogen-bond donors (Lipinski definition) is 8. The maximum absolute atomic E-state index is 13.7. The second kappa shape index (κ2) is 33.9. The quantitative estimate of drug-likeness (QED) is 0.0275. The lowest BCUT2D eigenvalue weighted by atomic mass is 9.82. The molecule has 22 nitrogen and oxygen atoms in total. The molecule has 1 aromatic rings. The number of ketones is 1. The molecule has 24 heteroatoms. The third-order valence-corrected chi connectivity index (χ3v) is 15.9. The number of rotatable bonds is 22. The number of nitrogens with two attached hydrogens (primary N) is 1. The van der Waals surface area contributed by atoms with Crippen molar-refractivity contribution in [3.8, 4) is 0 Å². The fraction of sp³-hybridized carbons (Fsp3) is 0.816. The lowest BCUT2D eigenvalue weighted by Crippen LogP contribution is -2.52. The molecule has 2 bridgehead atoms. The number of aliphatic hydroxyl groups excluding tert-OH is 5. The smallest absolute Gasteiger partial charge is 0.462 e. The lowest BCUT2D eigenvalue weighted by molar-refractivity contribution is -0.196. The standard InChI is InChI=1S/C49H85N3O19P2/c1-4-6-15-21-35(53)25-26-38-40(55)30-41(56)39-29-36(54)22-18-19-23-44(57)66-31-37(69-45(58)24-17-14-12-10-8-7-9-11-13-16-20-34(3)5-2)32-67-72(62,63)71-73(64,65)68-33-42(47(60)46(38)59)70-48(39)52-28-27-43(50)51-49(52)61/h25-28,34-35,37-42,46-48,53,55-56,59-60H,4-24,29-33H2,1-3H3,(H,62,63)(H,64,65)(H2,50,51,61)/b26-25+/t34?,35-,37+,38-,39-,40+,41-,42+,46-,47+,48+/m0/s1. The Kier molecular flexibility index (Phi) is 29.9. The fourth-order valence-electron chi connectivity index (χ4n) is 8.75. The molecule has 2 saturated heterocycles. The summed E-state index contributed by atoms with van der Waals surface area (Å²) >= 11 is 0. The Morgan fingerprint density at radius 2 is 1.47 bits per heavy atom. The van der Waals surface area contributed by atoms with Gasteiger partial charge < -0.3 is 55.3 Å². The average Bonchev–Trinajstić information content (AvgIpc) is 3.32. The second-order valence-electron chi connectivity index (χ2n) is 19.6. The molecule has 2 aliphatic rings. The number of Topliss-reactive ketones (excluding diaryl/α,β-unsaturated/α-hetero) is 1. The molecule has 13 atom stereocenters. The van der Waals surface area contributed by atoms with Crippen LogP contribution < -0.4 is 11.4 Å². The number of nitrogens with zero attached hydrogens (tertiary/aromatic N) is 2. The van der Waals surface area contributed by atoms with Crippen LogP contribution in [0, 0.1) is 17.8 Å². The van der Waals surface area contributed by atoms with Crippen molar-refractivity contribution < 1.29 is 86.4 Å². The van der Waals surface area contributed by atoms with Gasteiger partial charge in [0.05, 0.1) is 37.6 Å². The van der Waals surface area contributed by atoms with Crippen LogP contribution in [0.15, 0.2) is 29.2 Å². The molecule has 420 valence electrons. The fourth-order valence-corrected chi connectivity index (χ4v) is 10.9. The van der Waals surface area contributed by atoms with E-state index in [9.17, 15) is 63.6 Å². The predicted octanol–water partition coefficient (Wildman–Crippen LogP) is 6.25. The molecule has 1 aromatic heterocycles. The van der Waals surface area contributed by atoms with Gasteiger partial charge in [-0.25, -0.2) is 13.9 Å². The van der Waals surface area contributed by atoms with Crippen molar-refractivity contribution in [2.75, 3.05) is 25.6 Å². The van der Waals surface area contributed by atoms with E-state index in [-0.39, 0.29) is 37.9 Å². The topological polar surface area (TPSA) is 343 Å². The van der Waals surface area contributed by atoms with Crippen molar-refractivity contribution in [3.63, 3.8) is 0 Å². The molecule has 3 heterocycles. The van der Waals surface area contributed by atoms with E-state index >= 15 is 0 Å². The van der Waals surface area contributed by atoms with Crippen LogP contribution >= 0.6 is 15.6 Å². The lowest BCUT2D eigenvalue weighted by Gasteiger charge is -2.40. The Hall–Kier alpha value is -2.95. The molecule has 0 aromatic carbocycles. The van der Waals surface area contributed by atoms with Crippen molar-refractivity contribution in [2.45, 2.75) is 217 Å². The summed E-state index contributed by atoms with van der Waals surface area (Å²) in [4.78, 5) is 77.9. The summed E-state index contributed by atoms with van der Waals surface area (Å²) in [5.74, 6) is -4.40. The van der Waals surface area contributed by atoms with Crippen molar-refractivity contribution >= 4 is 39.2 Å². The van der Waals surface area contributed by atoms with Crippen LogP contribution in [0.2, 0.25) is 0 Å². The molecule has 0 aliphatic carbocycles. The van der Waals surface area contributed by atoms with Crippen LogP contribution in [0.25, 0.3) is 0 Å². The molecule has 2 fully saturated rings. The van der Waals surface area contributed by atoms with E-state index in [2.05, 4.69) is 23.1 Å². The van der Waals surface area contributed by atoms with E-state index in [4.69, 9.17) is 29.0 Å². The number of carbonyl (C=O) groups is 3. The first-order chi connectivity index (χ1) is 34.6. The molecule has 0 radical (unpaired) electrons. The van der Waals surface area contributed by atoms with Gasteiger partial charge in [-0.05, 0) is 37.7 Å². The minimum absolute atomic E-state index is 0.0232. The summed E-state index contributed by atoms with van der Waals surface area (Å²) in [5.41, 5.74) is 4.67. The number of aromatic nitrogens is 2. The van der Waals surface area contributed by atoms with Gasteiger partial charge in [-0.2, -0.15) is 9.29 Å². The van der Waals surface area contributed by atoms with E-state index in [1.807, 2.05) is 6.92 Å². The minimum atomic E-state index is -5.76. The molecular weight excluding hydrogens is 996 g/mol. The predicted molar refractivity (Wildman–Crippen MR) is 268 cm³/mol. The maximum atomic E-state index is 13.7. The van der Waals surface area contributed by atoms with Crippen LogP contribution in [0.5, 0.6) is 0 Å². The number of nitrogen functional groups attached to an aromatic ring is 1. The van der Waals surface area contributed by atoms with Gasteiger partial charge in [0.1, 0.15) is 36.6 Å². The summed E-state index contributed by atoms with van der Waals surface area (Å²) in [7, 11) is -11.4. The SMILES string of the molecule is CCCCC[C@H](O)/C=C/[C@@H]1[C@H](O)[C@H](O)[C@H]2COP(=O)(O)OP(=O)(O)OC[C@H](OC(=O)CCCCCCCCCCCCC(C)CC)COC(=O)CCCCC(=O)C[C@H]([C@H](n3ccc(N)nc3=O)O2)[C@@H](O)C[C@H]1O. The molecule has 2 aliphatic heterocycles. The van der Waals surface area contributed by atoms with E-state index in [1.165, 1.54) is 56.7 Å². The highest BCUT2D eigenvalue weighted by Gasteiger charge is 2.45. The van der Waals surface area contributed by atoms with Crippen LogP contribution in [0.3, 0.4) is 0 Å². The number of hydrogen-bond acceptors (Lipinski definition) is 19. The zero-order valence-electron chi connectivity index (χ0n) is 42.9. The molecule has 9 N–H and O–H groups in total. The normalized spacial score (nSPS) is 30.8. The summed E-state index contributed by atoms with van der Waals surface area (Å²) in [6.45, 7) is 3.60. The zero-order valence-corrected chi connectivity index (χ0v) is 44.7. The Labute approximate surface area is 429 Å². The largest absolute Gasteiger partial charge is 0.481 e. The number of anilines is 1. The number of aliphatic hydroxyl groups is 5. The van der Waals surface area contributed by atoms with Gasteiger partial charge in [-0.1, -0.05) is 123 Å². The molecule has 0 amide bonds. The van der Waals surface area contributed by atoms with Gasteiger partial charge in [0.2, 0.25) is 0 Å². The number of fused-ring (bicyclic) bond motifs is 3. The van der Waals surface area contributed by atoms with E-state index in [0.29, 0.717) is 19.3 Å². The van der Waals surface area contributed by atoms with Gasteiger partial charge in [-0.15, -0.1) is 0 Å². The van der Waals surface area contributed by atoms with Crippen molar-refractivity contribution in [2.24, 2.45) is 17.8 Å². The highest BCUT2D eigenvalue weighted by Crippen LogP contribution is 2.60. The maximum Gasteiger partial charge on any atom is 0.481 e. The van der Waals surface area contributed by atoms with Gasteiger partial charge in [0.25, 0.3) is 0 Å². The van der Waals surface area contributed by atoms with Crippen LogP contribution in [-0.2, 0) is 51.1 Å². The monoisotopic (exact) mass is 1080 g/mol. The summed E-state index contributed by atoms with van der Waals surface area (Å²) in [6, 6.07) is 1.18. The number of carbonyl (C=O) groups excluding carboxylic acids is 3. The van der Waals surface area contributed by atoms with Crippen molar-refractivity contribution in [1.29, 1.82) is 0 Å². The number of esters is 2. The Bertz CT molecular complexity index is 1980. The minimum Gasteiger partial charge on any atom is -0.462 e. The molecule has 0 saturated carbocycles. The van der Waals surface area contributed by atoms with Crippen LogP contribution in [-0.4, -0.2) is 125 Å². The first-order valence-corrected chi connectivity index (χ1v) is 29.3. The highest BCUT2D eigenvalue weighted by atomic mass is 31.3. The summed E-state index contributed by atoms with van der Waals surface area (Å²) < 4.78 is 58.8. The van der Waals surface area contributed by atoms with E-state index in [0.717, 1.165) is 61.6 Å². The molecule has 3 unspecified atom stereocenters. The first kappa shape index (κ1) is 64.3. The third-order valence-electron chi connectivity index (χ3n) is 13.3. The van der Waals surface area contributed by atoms with E-state index in [1.54, 1.807) is 0 Å². The van der Waals surface area contributed by atoms with Gasteiger partial charge in [-0.3, -0.25) is 28.0 Å². The summed E-state index contributed by atoms with van der Waals surface area (Å²) in [5, 5.41) is 57.5. The Morgan fingerprint density at radius 3 is 2.11 bits per heavy atom. The average molecular weight is 1080 g/mol. The van der Waals surface area contributed by atoms with Gasteiger partial charge in [0, 0.05) is 50.1 Å².